The molecule has 1 aliphatic heterocycles. The average molecular weight is 230 g/mol. The van der Waals surface area contributed by atoms with Crippen LogP contribution < -0.4 is 5.73 Å². The number of imidazole rings is 1. The Balaban J connectivity index is 2.06. The van der Waals surface area contributed by atoms with Crippen molar-refractivity contribution in [3.63, 3.8) is 0 Å². The highest BCUT2D eigenvalue weighted by Crippen LogP contribution is 2.28. The summed E-state index contributed by atoms with van der Waals surface area (Å²) < 4.78 is 2.20. The molecule has 1 aromatic heterocycles. The van der Waals surface area contributed by atoms with Gasteiger partial charge in [0, 0.05) is 12.6 Å². The van der Waals surface area contributed by atoms with Crippen molar-refractivity contribution in [1.29, 1.82) is 0 Å². The van der Waals surface area contributed by atoms with Gasteiger partial charge in [-0.15, -0.1) is 0 Å². The van der Waals surface area contributed by atoms with Gasteiger partial charge in [-0.1, -0.05) is 12.1 Å². The van der Waals surface area contributed by atoms with Crippen LogP contribution in [0.1, 0.15) is 18.9 Å². The van der Waals surface area contributed by atoms with Crippen LogP contribution in [0.15, 0.2) is 24.3 Å². The summed E-state index contributed by atoms with van der Waals surface area (Å²) in [6.45, 7) is 2.24. The van der Waals surface area contributed by atoms with E-state index in [1.165, 1.54) is 19.4 Å². The van der Waals surface area contributed by atoms with Crippen molar-refractivity contribution in [2.24, 2.45) is 0 Å². The third kappa shape index (κ3) is 1.78. The molecule has 1 aromatic carbocycles. The predicted molar refractivity (Wildman–Crippen MR) is 69.9 cm³/mol. The van der Waals surface area contributed by atoms with Gasteiger partial charge in [0.15, 0.2) is 0 Å². The molecule has 1 aliphatic rings. The van der Waals surface area contributed by atoms with Gasteiger partial charge in [-0.05, 0) is 38.6 Å². The number of aromatic nitrogens is 2. The molecule has 0 amide bonds. The average Bonchev–Trinajstić information content (AvgIpc) is 2.64. The largest absolute Gasteiger partial charge is 0.369 e. The topological polar surface area (TPSA) is 47.1 Å². The maximum absolute atomic E-state index is 6.06. The summed E-state index contributed by atoms with van der Waals surface area (Å²) in [5, 5.41) is 0. The summed E-state index contributed by atoms with van der Waals surface area (Å²) >= 11 is 0. The lowest BCUT2D eigenvalue weighted by Crippen LogP contribution is -2.33. The van der Waals surface area contributed by atoms with Crippen molar-refractivity contribution < 1.29 is 0 Å². The molecule has 1 unspecified atom stereocenters. The highest BCUT2D eigenvalue weighted by molar-refractivity contribution is 5.78. The van der Waals surface area contributed by atoms with Gasteiger partial charge in [-0.3, -0.25) is 0 Å². The first kappa shape index (κ1) is 10.6. The number of likely N-dealkylation sites (N-methyl/N-ethyl adjacent to an activating group) is 1. The zero-order valence-corrected chi connectivity index (χ0v) is 10.1. The molecule has 0 aliphatic carbocycles. The summed E-state index contributed by atoms with van der Waals surface area (Å²) in [5.74, 6) is 0.645. The van der Waals surface area contributed by atoms with Crippen LogP contribution in [0.25, 0.3) is 11.0 Å². The number of hydrogen-bond donors (Lipinski definition) is 1. The van der Waals surface area contributed by atoms with E-state index in [-0.39, 0.29) is 0 Å². The fourth-order valence-corrected chi connectivity index (χ4v) is 2.80. The van der Waals surface area contributed by atoms with Gasteiger partial charge >= 0.3 is 0 Å². The number of benzene rings is 1. The van der Waals surface area contributed by atoms with Crippen LogP contribution in [0, 0.1) is 0 Å². The number of para-hydroxylation sites is 2. The Bertz CT molecular complexity index is 531. The van der Waals surface area contributed by atoms with Crippen LogP contribution in [0.3, 0.4) is 0 Å². The number of nitrogen functional groups attached to an aromatic ring is 1. The second-order valence-corrected chi connectivity index (χ2v) is 4.89. The monoisotopic (exact) mass is 230 g/mol. The molecule has 3 rings (SSSR count). The van der Waals surface area contributed by atoms with Gasteiger partial charge < -0.3 is 15.2 Å². The number of nitrogens with two attached hydrogens (primary N) is 1. The van der Waals surface area contributed by atoms with E-state index in [1.807, 2.05) is 18.2 Å². The standard InChI is InChI=1S/C13H18N4/c1-16-8-4-5-10(9-16)17-12-7-3-2-6-11(12)15-13(17)14/h2-3,6-7,10H,4-5,8-9H2,1H3,(H2,14,15). The van der Waals surface area contributed by atoms with E-state index in [9.17, 15) is 0 Å². The normalized spacial score (nSPS) is 22.1. The molecule has 4 heteroatoms. The zero-order valence-electron chi connectivity index (χ0n) is 10.1. The molecule has 2 N–H and O–H groups in total. The van der Waals surface area contributed by atoms with Crippen LogP contribution in [0.5, 0.6) is 0 Å². The molecule has 1 fully saturated rings. The predicted octanol–water partition coefficient (Wildman–Crippen LogP) is 1.89. The Hall–Kier alpha value is -1.55. The van der Waals surface area contributed by atoms with Crippen LogP contribution in [0.4, 0.5) is 5.95 Å². The first-order valence-corrected chi connectivity index (χ1v) is 6.16. The molecule has 1 atom stereocenters. The van der Waals surface area contributed by atoms with E-state index in [1.54, 1.807) is 0 Å². The first-order valence-electron chi connectivity index (χ1n) is 6.16. The van der Waals surface area contributed by atoms with Gasteiger partial charge in [-0.25, -0.2) is 4.98 Å². The van der Waals surface area contributed by atoms with Crippen LogP contribution in [-0.4, -0.2) is 34.6 Å². The number of rotatable bonds is 1. The highest BCUT2D eigenvalue weighted by atomic mass is 15.2. The van der Waals surface area contributed by atoms with Crippen molar-refractivity contribution in [3.8, 4) is 0 Å². The lowest BCUT2D eigenvalue weighted by Gasteiger charge is -2.31. The Labute approximate surface area is 101 Å². The maximum Gasteiger partial charge on any atom is 0.201 e. The number of fused-ring (bicyclic) bond motifs is 1. The molecule has 0 radical (unpaired) electrons. The van der Waals surface area contributed by atoms with E-state index in [0.29, 0.717) is 12.0 Å². The fourth-order valence-electron chi connectivity index (χ4n) is 2.80. The minimum atomic E-state index is 0.459. The molecule has 90 valence electrons. The van der Waals surface area contributed by atoms with Crippen molar-refractivity contribution >= 4 is 17.0 Å². The SMILES string of the molecule is CN1CCCC(n2c(N)nc3ccccc32)C1. The van der Waals surface area contributed by atoms with Gasteiger partial charge in [0.25, 0.3) is 0 Å². The van der Waals surface area contributed by atoms with E-state index in [2.05, 4.69) is 27.6 Å². The third-order valence-corrected chi connectivity index (χ3v) is 3.59. The summed E-state index contributed by atoms with van der Waals surface area (Å²) in [6.07, 6.45) is 2.42. The Morgan fingerprint density at radius 1 is 1.35 bits per heavy atom. The number of piperidine rings is 1. The van der Waals surface area contributed by atoms with Crippen molar-refractivity contribution in [2.75, 3.05) is 25.9 Å². The fraction of sp³-hybridized carbons (Fsp3) is 0.462. The van der Waals surface area contributed by atoms with Gasteiger partial charge in [-0.2, -0.15) is 0 Å². The van der Waals surface area contributed by atoms with Crippen LogP contribution in [-0.2, 0) is 0 Å². The highest BCUT2D eigenvalue weighted by Gasteiger charge is 2.22. The summed E-state index contributed by atoms with van der Waals surface area (Å²) in [5.41, 5.74) is 8.22. The van der Waals surface area contributed by atoms with Crippen LogP contribution in [0.2, 0.25) is 0 Å². The molecule has 0 spiro atoms. The second-order valence-electron chi connectivity index (χ2n) is 4.89. The zero-order chi connectivity index (χ0) is 11.8. The Morgan fingerprint density at radius 3 is 3.00 bits per heavy atom. The summed E-state index contributed by atoms with van der Waals surface area (Å²) in [7, 11) is 2.17. The van der Waals surface area contributed by atoms with Gasteiger partial charge in [0.05, 0.1) is 11.0 Å². The van der Waals surface area contributed by atoms with E-state index in [0.717, 1.165) is 17.6 Å². The van der Waals surface area contributed by atoms with Gasteiger partial charge in [0.2, 0.25) is 5.95 Å². The maximum atomic E-state index is 6.06. The second kappa shape index (κ2) is 4.04. The quantitative estimate of drug-likeness (QED) is 0.813. The Morgan fingerprint density at radius 2 is 2.18 bits per heavy atom. The lowest BCUT2D eigenvalue weighted by atomic mass is 10.1. The van der Waals surface area contributed by atoms with Gasteiger partial charge in [0.1, 0.15) is 0 Å². The number of anilines is 1. The van der Waals surface area contributed by atoms with E-state index in [4.69, 9.17) is 5.73 Å². The molecule has 0 bridgehead atoms. The Kier molecular flexibility index (Phi) is 2.52. The molecular formula is C13H18N4. The molecule has 2 aromatic rings. The molecule has 1 saturated heterocycles. The van der Waals surface area contributed by atoms with Crippen molar-refractivity contribution in [2.45, 2.75) is 18.9 Å². The van der Waals surface area contributed by atoms with E-state index >= 15 is 0 Å². The van der Waals surface area contributed by atoms with Crippen molar-refractivity contribution in [3.05, 3.63) is 24.3 Å². The smallest absolute Gasteiger partial charge is 0.201 e. The minimum Gasteiger partial charge on any atom is -0.369 e. The summed E-state index contributed by atoms with van der Waals surface area (Å²) in [6, 6.07) is 8.64. The van der Waals surface area contributed by atoms with Crippen LogP contribution >= 0.6 is 0 Å². The van der Waals surface area contributed by atoms with E-state index < -0.39 is 0 Å². The number of nitrogens with zero attached hydrogens (tertiary/aromatic N) is 3. The first-order chi connectivity index (χ1) is 8.25. The molecular weight excluding hydrogens is 212 g/mol. The number of hydrogen-bond acceptors (Lipinski definition) is 3. The molecule has 2 heterocycles. The van der Waals surface area contributed by atoms with Crippen molar-refractivity contribution in [1.82, 2.24) is 14.5 Å². The molecule has 17 heavy (non-hydrogen) atoms. The molecule has 4 nitrogen and oxygen atoms in total. The summed E-state index contributed by atoms with van der Waals surface area (Å²) in [4.78, 5) is 6.80. The third-order valence-electron chi connectivity index (χ3n) is 3.59. The minimum absolute atomic E-state index is 0.459. The number of likely N-dealkylation sites (tertiary alicyclic amines) is 1. The molecule has 0 saturated carbocycles. The lowest BCUT2D eigenvalue weighted by molar-refractivity contribution is 0.216.